The number of methoxy groups -OCH3 is 1. The Kier molecular flexibility index (Phi) is 4.01. The Bertz CT molecular complexity index is 844. The fraction of sp³-hybridized carbons (Fsp3) is 0.200. The number of rotatable bonds is 3. The molecule has 23 heavy (non-hydrogen) atoms. The summed E-state index contributed by atoms with van der Waals surface area (Å²) in [7, 11) is 1.55. The maximum absolute atomic E-state index is 13.2. The summed E-state index contributed by atoms with van der Waals surface area (Å²) in [6, 6.07) is 8.42. The zero-order chi connectivity index (χ0) is 16.6. The second kappa shape index (κ2) is 5.84. The molecule has 4 nitrogen and oxygen atoms in total. The van der Waals surface area contributed by atoms with E-state index >= 15 is 0 Å². The first-order chi connectivity index (χ1) is 10.9. The van der Waals surface area contributed by atoms with Crippen LogP contribution in [0.25, 0.3) is 11.0 Å². The number of aromatic nitrogens is 3. The second-order valence-electron chi connectivity index (χ2n) is 4.88. The summed E-state index contributed by atoms with van der Waals surface area (Å²) in [5.41, 5.74) is 0.0554. The van der Waals surface area contributed by atoms with Crippen molar-refractivity contribution in [1.82, 2.24) is 14.8 Å². The van der Waals surface area contributed by atoms with Crippen molar-refractivity contribution in [2.45, 2.75) is 12.7 Å². The summed E-state index contributed by atoms with van der Waals surface area (Å²) in [5.74, 6) is 0.678. The average molecular weight is 386 g/mol. The summed E-state index contributed by atoms with van der Waals surface area (Å²) in [6.45, 7) is 0.186. The highest BCUT2D eigenvalue weighted by Gasteiger charge is 2.37. The van der Waals surface area contributed by atoms with Gasteiger partial charge in [-0.2, -0.15) is 18.3 Å². The van der Waals surface area contributed by atoms with E-state index in [2.05, 4.69) is 26.0 Å². The van der Waals surface area contributed by atoms with Crippen LogP contribution in [0.1, 0.15) is 11.3 Å². The number of hydrogen-bond donors (Lipinski definition) is 0. The van der Waals surface area contributed by atoms with Gasteiger partial charge in [-0.05, 0) is 39.7 Å². The molecule has 2 heterocycles. The molecule has 0 fully saturated rings. The highest BCUT2D eigenvalue weighted by atomic mass is 79.9. The van der Waals surface area contributed by atoms with Gasteiger partial charge in [0.1, 0.15) is 5.75 Å². The van der Waals surface area contributed by atoms with Gasteiger partial charge in [-0.3, -0.25) is 0 Å². The van der Waals surface area contributed by atoms with Crippen LogP contribution in [-0.2, 0) is 12.7 Å². The van der Waals surface area contributed by atoms with Crippen molar-refractivity contribution in [3.8, 4) is 5.75 Å². The molecule has 0 saturated carbocycles. The Morgan fingerprint density at radius 3 is 2.52 bits per heavy atom. The summed E-state index contributed by atoms with van der Waals surface area (Å²) >= 11 is 3.14. The number of halogens is 4. The van der Waals surface area contributed by atoms with Gasteiger partial charge in [0.25, 0.3) is 0 Å². The first-order valence-corrected chi connectivity index (χ1v) is 7.40. The largest absolute Gasteiger partial charge is 0.497 e. The molecule has 0 saturated heterocycles. The Balaban J connectivity index is 2.06. The molecule has 0 unspecified atom stereocenters. The number of fused-ring (bicyclic) bond motifs is 1. The minimum absolute atomic E-state index is 0.0274. The Morgan fingerprint density at radius 2 is 1.91 bits per heavy atom. The van der Waals surface area contributed by atoms with Crippen molar-refractivity contribution >= 4 is 27.0 Å². The van der Waals surface area contributed by atoms with Crippen molar-refractivity contribution in [2.24, 2.45) is 0 Å². The van der Waals surface area contributed by atoms with Crippen LogP contribution in [0, 0.1) is 0 Å². The zero-order valence-corrected chi connectivity index (χ0v) is 13.5. The van der Waals surface area contributed by atoms with Gasteiger partial charge in [-0.15, -0.1) is 0 Å². The fourth-order valence-corrected chi connectivity index (χ4v) is 2.59. The summed E-state index contributed by atoms with van der Waals surface area (Å²) in [6.07, 6.45) is -3.08. The van der Waals surface area contributed by atoms with Gasteiger partial charge in [-0.25, -0.2) is 9.67 Å². The quantitative estimate of drug-likeness (QED) is 0.675. The van der Waals surface area contributed by atoms with E-state index in [1.165, 1.54) is 16.9 Å². The van der Waals surface area contributed by atoms with E-state index < -0.39 is 11.9 Å². The van der Waals surface area contributed by atoms with Crippen LogP contribution < -0.4 is 4.74 Å². The van der Waals surface area contributed by atoms with E-state index in [1.807, 2.05) is 0 Å². The molecule has 0 bridgehead atoms. The number of ether oxygens (including phenoxy) is 1. The molecule has 1 aromatic carbocycles. The van der Waals surface area contributed by atoms with E-state index in [-0.39, 0.29) is 17.6 Å². The number of hydrogen-bond acceptors (Lipinski definition) is 3. The van der Waals surface area contributed by atoms with E-state index in [1.54, 1.807) is 31.4 Å². The maximum Gasteiger partial charge on any atom is 0.435 e. The van der Waals surface area contributed by atoms with Crippen molar-refractivity contribution < 1.29 is 17.9 Å². The SMILES string of the molecule is COc1ccc(Cn2nc(C(F)(F)F)c3cc(Br)cnc32)cc1. The monoisotopic (exact) mass is 385 g/mol. The van der Waals surface area contributed by atoms with Gasteiger partial charge in [0, 0.05) is 10.7 Å². The molecule has 120 valence electrons. The van der Waals surface area contributed by atoms with E-state index in [9.17, 15) is 13.2 Å². The van der Waals surface area contributed by atoms with Gasteiger partial charge in [0.2, 0.25) is 0 Å². The molecule has 0 aliphatic heterocycles. The Labute approximate surface area is 138 Å². The minimum atomic E-state index is -4.54. The summed E-state index contributed by atoms with van der Waals surface area (Å²) in [4.78, 5) is 4.07. The van der Waals surface area contributed by atoms with Crippen LogP contribution in [0.2, 0.25) is 0 Å². The van der Waals surface area contributed by atoms with Crippen molar-refractivity contribution in [3.63, 3.8) is 0 Å². The van der Waals surface area contributed by atoms with E-state index in [0.29, 0.717) is 10.2 Å². The van der Waals surface area contributed by atoms with E-state index in [4.69, 9.17) is 4.74 Å². The topological polar surface area (TPSA) is 39.9 Å². The summed E-state index contributed by atoms with van der Waals surface area (Å²) in [5, 5.41) is 3.69. The lowest BCUT2D eigenvalue weighted by atomic mass is 10.2. The van der Waals surface area contributed by atoms with Gasteiger partial charge in [-0.1, -0.05) is 12.1 Å². The normalized spacial score (nSPS) is 11.9. The lowest BCUT2D eigenvalue weighted by molar-refractivity contribution is -0.140. The summed E-state index contributed by atoms with van der Waals surface area (Å²) < 4.78 is 46.3. The molecule has 0 aliphatic carbocycles. The highest BCUT2D eigenvalue weighted by Crippen LogP contribution is 2.34. The number of benzene rings is 1. The molecule has 0 aliphatic rings. The van der Waals surface area contributed by atoms with Crippen LogP contribution in [0.4, 0.5) is 13.2 Å². The third kappa shape index (κ3) is 3.17. The standard InChI is InChI=1S/C15H11BrF3N3O/c1-23-11-4-2-9(3-5-11)8-22-14-12(6-10(16)7-20-14)13(21-22)15(17,18)19/h2-7H,8H2,1H3. The lowest BCUT2D eigenvalue weighted by Crippen LogP contribution is -2.09. The molecular formula is C15H11BrF3N3O. The van der Waals surface area contributed by atoms with Gasteiger partial charge in [0.15, 0.2) is 11.3 Å². The van der Waals surface area contributed by atoms with Crippen molar-refractivity contribution in [3.05, 3.63) is 52.3 Å². The van der Waals surface area contributed by atoms with Crippen molar-refractivity contribution in [1.29, 1.82) is 0 Å². The highest BCUT2D eigenvalue weighted by molar-refractivity contribution is 9.10. The van der Waals surface area contributed by atoms with Crippen LogP contribution in [0.15, 0.2) is 41.0 Å². The molecule has 8 heteroatoms. The molecule has 0 radical (unpaired) electrons. The average Bonchev–Trinajstić information content (AvgIpc) is 2.86. The number of pyridine rings is 1. The Hall–Kier alpha value is -2.09. The molecule has 0 spiro atoms. The predicted molar refractivity (Wildman–Crippen MR) is 82.3 cm³/mol. The zero-order valence-electron chi connectivity index (χ0n) is 11.9. The molecule has 2 aromatic heterocycles. The van der Waals surface area contributed by atoms with Crippen LogP contribution in [-0.4, -0.2) is 21.9 Å². The number of nitrogens with zero attached hydrogens (tertiary/aromatic N) is 3. The first kappa shape index (κ1) is 15.8. The van der Waals surface area contributed by atoms with Gasteiger partial charge >= 0.3 is 6.18 Å². The first-order valence-electron chi connectivity index (χ1n) is 6.60. The molecule has 3 aromatic rings. The second-order valence-corrected chi connectivity index (χ2v) is 5.79. The van der Waals surface area contributed by atoms with Gasteiger partial charge in [0.05, 0.1) is 19.0 Å². The molecule has 3 rings (SSSR count). The Morgan fingerprint density at radius 1 is 1.22 bits per heavy atom. The molecule has 0 N–H and O–H groups in total. The predicted octanol–water partition coefficient (Wildman–Crippen LogP) is 4.27. The van der Waals surface area contributed by atoms with E-state index in [0.717, 1.165) is 5.56 Å². The van der Waals surface area contributed by atoms with Crippen LogP contribution in [0.5, 0.6) is 5.75 Å². The molecule has 0 atom stereocenters. The molecule has 0 amide bonds. The smallest absolute Gasteiger partial charge is 0.435 e. The van der Waals surface area contributed by atoms with Crippen LogP contribution >= 0.6 is 15.9 Å². The fourth-order valence-electron chi connectivity index (χ4n) is 2.26. The lowest BCUT2D eigenvalue weighted by Gasteiger charge is -2.05. The number of alkyl halides is 3. The van der Waals surface area contributed by atoms with Crippen molar-refractivity contribution in [2.75, 3.05) is 7.11 Å². The van der Waals surface area contributed by atoms with Crippen LogP contribution in [0.3, 0.4) is 0 Å². The third-order valence-corrected chi connectivity index (χ3v) is 3.75. The third-order valence-electron chi connectivity index (χ3n) is 3.31. The van der Waals surface area contributed by atoms with Gasteiger partial charge < -0.3 is 4.74 Å². The molecular weight excluding hydrogens is 375 g/mol. The minimum Gasteiger partial charge on any atom is -0.497 e. The maximum atomic E-state index is 13.2.